The third-order valence-corrected chi connectivity index (χ3v) is 3.32. The molecular weight excluding hydrogens is 256 g/mol. The molecule has 0 saturated carbocycles. The highest BCUT2D eigenvalue weighted by Crippen LogP contribution is 2.20. The molecule has 0 aliphatic carbocycles. The number of benzene rings is 3. The van der Waals surface area contributed by atoms with Gasteiger partial charge < -0.3 is 4.74 Å². The van der Waals surface area contributed by atoms with Gasteiger partial charge in [-0.15, -0.1) is 0 Å². The first-order valence-corrected chi connectivity index (χ1v) is 6.98. The molecule has 0 aromatic heterocycles. The maximum absolute atomic E-state index is 5.69. The van der Waals surface area contributed by atoms with E-state index in [-0.39, 0.29) is 0 Å². The number of rotatable bonds is 2. The van der Waals surface area contributed by atoms with Gasteiger partial charge in [0.05, 0.1) is 0 Å². The molecule has 3 rings (SSSR count). The highest BCUT2D eigenvalue weighted by molar-refractivity contribution is 5.83. The van der Waals surface area contributed by atoms with E-state index in [0.717, 1.165) is 11.3 Å². The lowest BCUT2D eigenvalue weighted by molar-refractivity contribution is 0.371. The molecule has 3 aromatic rings. The molecule has 0 spiro atoms. The fourth-order valence-electron chi connectivity index (χ4n) is 2.15. The smallest absolute Gasteiger partial charge is 0.149 e. The molecule has 1 heteroatoms. The number of fused-ring (bicyclic) bond motifs is 1. The van der Waals surface area contributed by atoms with Crippen molar-refractivity contribution in [3.8, 4) is 17.6 Å². The standard InChI is InChI=1S/C20H16O/c1-16-8-10-17(11-9-16)5-4-14-21-20-13-12-18-6-2-3-7-19(18)15-20/h2-3,6-13,15H,14H2,1H3. The maximum atomic E-state index is 5.69. The molecule has 0 atom stereocenters. The van der Waals surface area contributed by atoms with Gasteiger partial charge in [-0.2, -0.15) is 0 Å². The molecule has 0 aliphatic heterocycles. The molecule has 0 N–H and O–H groups in total. The van der Waals surface area contributed by atoms with E-state index in [0.29, 0.717) is 6.61 Å². The molecule has 0 unspecified atom stereocenters. The van der Waals surface area contributed by atoms with Gasteiger partial charge in [0.1, 0.15) is 12.4 Å². The molecule has 0 saturated heterocycles. The van der Waals surface area contributed by atoms with Crippen LogP contribution in [0.5, 0.6) is 5.75 Å². The van der Waals surface area contributed by atoms with Crippen molar-refractivity contribution in [1.29, 1.82) is 0 Å². The van der Waals surface area contributed by atoms with Crippen LogP contribution in [0.1, 0.15) is 11.1 Å². The van der Waals surface area contributed by atoms with Crippen LogP contribution in [0.25, 0.3) is 10.8 Å². The molecule has 0 heterocycles. The van der Waals surface area contributed by atoms with Crippen molar-refractivity contribution in [3.63, 3.8) is 0 Å². The second kappa shape index (κ2) is 6.15. The number of hydrogen-bond acceptors (Lipinski definition) is 1. The molecule has 0 radical (unpaired) electrons. The van der Waals surface area contributed by atoms with Gasteiger partial charge in [-0.1, -0.05) is 59.9 Å². The zero-order valence-corrected chi connectivity index (χ0v) is 12.0. The van der Waals surface area contributed by atoms with Crippen LogP contribution in [-0.2, 0) is 0 Å². The number of aryl methyl sites for hydroxylation is 1. The van der Waals surface area contributed by atoms with Gasteiger partial charge in [0.25, 0.3) is 0 Å². The van der Waals surface area contributed by atoms with E-state index in [9.17, 15) is 0 Å². The predicted octanol–water partition coefficient (Wildman–Crippen LogP) is 4.58. The second-order valence-electron chi connectivity index (χ2n) is 4.97. The average molecular weight is 272 g/mol. The summed E-state index contributed by atoms with van der Waals surface area (Å²) in [4.78, 5) is 0. The lowest BCUT2D eigenvalue weighted by Crippen LogP contribution is -1.93. The minimum Gasteiger partial charge on any atom is -0.481 e. The lowest BCUT2D eigenvalue weighted by Gasteiger charge is -2.03. The molecule has 102 valence electrons. The van der Waals surface area contributed by atoms with Crippen LogP contribution in [0.15, 0.2) is 66.7 Å². The number of ether oxygens (including phenoxy) is 1. The maximum Gasteiger partial charge on any atom is 0.149 e. The van der Waals surface area contributed by atoms with Crippen molar-refractivity contribution < 1.29 is 4.74 Å². The van der Waals surface area contributed by atoms with Crippen molar-refractivity contribution in [3.05, 3.63) is 77.9 Å². The van der Waals surface area contributed by atoms with E-state index < -0.39 is 0 Å². The van der Waals surface area contributed by atoms with Crippen molar-refractivity contribution >= 4 is 10.8 Å². The summed E-state index contributed by atoms with van der Waals surface area (Å²) >= 11 is 0. The van der Waals surface area contributed by atoms with Crippen molar-refractivity contribution in [2.75, 3.05) is 6.61 Å². The summed E-state index contributed by atoms with van der Waals surface area (Å²) in [7, 11) is 0. The quantitative estimate of drug-likeness (QED) is 0.620. The van der Waals surface area contributed by atoms with E-state index in [1.54, 1.807) is 0 Å². The van der Waals surface area contributed by atoms with Crippen LogP contribution < -0.4 is 4.74 Å². The van der Waals surface area contributed by atoms with Gasteiger partial charge in [0, 0.05) is 5.56 Å². The Morgan fingerprint density at radius 3 is 2.43 bits per heavy atom. The molecule has 3 aromatic carbocycles. The fourth-order valence-corrected chi connectivity index (χ4v) is 2.15. The molecule has 21 heavy (non-hydrogen) atoms. The summed E-state index contributed by atoms with van der Waals surface area (Å²) in [5.74, 6) is 7.00. The van der Waals surface area contributed by atoms with E-state index in [1.807, 2.05) is 36.4 Å². The minimum absolute atomic E-state index is 0.395. The first kappa shape index (κ1) is 13.3. The van der Waals surface area contributed by atoms with Crippen molar-refractivity contribution in [2.45, 2.75) is 6.92 Å². The Labute approximate surface area is 125 Å². The summed E-state index contributed by atoms with van der Waals surface area (Å²) in [5.41, 5.74) is 2.26. The largest absolute Gasteiger partial charge is 0.481 e. The van der Waals surface area contributed by atoms with Gasteiger partial charge in [0.15, 0.2) is 0 Å². The Balaban J connectivity index is 1.65. The Morgan fingerprint density at radius 2 is 1.62 bits per heavy atom. The molecular formula is C20H16O. The molecule has 0 amide bonds. The zero-order chi connectivity index (χ0) is 14.5. The van der Waals surface area contributed by atoms with Crippen LogP contribution in [0.4, 0.5) is 0 Å². The predicted molar refractivity (Wildman–Crippen MR) is 87.5 cm³/mol. The van der Waals surface area contributed by atoms with Crippen LogP contribution >= 0.6 is 0 Å². The van der Waals surface area contributed by atoms with E-state index in [4.69, 9.17) is 4.74 Å². The van der Waals surface area contributed by atoms with Crippen LogP contribution in [0.2, 0.25) is 0 Å². The minimum atomic E-state index is 0.395. The fraction of sp³-hybridized carbons (Fsp3) is 0.100. The Bertz CT molecular complexity index is 804. The van der Waals surface area contributed by atoms with Crippen molar-refractivity contribution in [2.24, 2.45) is 0 Å². The highest BCUT2D eigenvalue weighted by atomic mass is 16.5. The zero-order valence-electron chi connectivity index (χ0n) is 12.0. The van der Waals surface area contributed by atoms with E-state index in [2.05, 4.69) is 49.1 Å². The third-order valence-electron chi connectivity index (χ3n) is 3.32. The summed E-state index contributed by atoms with van der Waals surface area (Å²) in [5, 5.41) is 2.40. The van der Waals surface area contributed by atoms with Crippen LogP contribution in [0.3, 0.4) is 0 Å². The molecule has 0 aliphatic rings. The Morgan fingerprint density at radius 1 is 0.857 bits per heavy atom. The summed E-state index contributed by atoms with van der Waals surface area (Å²) < 4.78 is 5.69. The van der Waals surface area contributed by atoms with Gasteiger partial charge in [-0.05, 0) is 42.0 Å². The third kappa shape index (κ3) is 3.43. The normalized spacial score (nSPS) is 9.95. The number of hydrogen-bond donors (Lipinski definition) is 0. The summed E-state index contributed by atoms with van der Waals surface area (Å²) in [6.45, 7) is 2.46. The summed E-state index contributed by atoms with van der Waals surface area (Å²) in [6, 6.07) is 22.5. The monoisotopic (exact) mass is 272 g/mol. The van der Waals surface area contributed by atoms with Gasteiger partial charge in [-0.3, -0.25) is 0 Å². The second-order valence-corrected chi connectivity index (χ2v) is 4.97. The van der Waals surface area contributed by atoms with Crippen molar-refractivity contribution in [1.82, 2.24) is 0 Å². The average Bonchev–Trinajstić information content (AvgIpc) is 2.53. The van der Waals surface area contributed by atoms with Gasteiger partial charge >= 0.3 is 0 Å². The van der Waals surface area contributed by atoms with Crippen LogP contribution in [-0.4, -0.2) is 6.61 Å². The van der Waals surface area contributed by atoms with Crippen LogP contribution in [0, 0.1) is 18.8 Å². The Kier molecular flexibility index (Phi) is 3.89. The Hall–Kier alpha value is -2.72. The van der Waals surface area contributed by atoms with Gasteiger partial charge in [-0.25, -0.2) is 0 Å². The topological polar surface area (TPSA) is 9.23 Å². The highest BCUT2D eigenvalue weighted by Gasteiger charge is 1.95. The molecule has 1 nitrogen and oxygen atoms in total. The summed E-state index contributed by atoms with van der Waals surface area (Å²) in [6.07, 6.45) is 0. The lowest BCUT2D eigenvalue weighted by atomic mass is 10.1. The van der Waals surface area contributed by atoms with Gasteiger partial charge in [0.2, 0.25) is 0 Å². The first-order chi connectivity index (χ1) is 10.3. The molecule has 0 fully saturated rings. The van der Waals surface area contributed by atoms with E-state index in [1.165, 1.54) is 16.3 Å². The molecule has 0 bridgehead atoms. The SMILES string of the molecule is Cc1ccc(C#CCOc2ccc3ccccc3c2)cc1. The van der Waals surface area contributed by atoms with E-state index >= 15 is 0 Å². The first-order valence-electron chi connectivity index (χ1n) is 6.98.